The summed E-state index contributed by atoms with van der Waals surface area (Å²) in [6.07, 6.45) is 0. The largest absolute Gasteiger partial charge is 0.383 e. The van der Waals surface area contributed by atoms with Gasteiger partial charge >= 0.3 is 0 Å². The molecular weight excluding hydrogens is 224 g/mol. The van der Waals surface area contributed by atoms with E-state index in [9.17, 15) is 0 Å². The second kappa shape index (κ2) is 7.52. The molecule has 0 aliphatic carbocycles. The molecule has 0 aliphatic heterocycles. The van der Waals surface area contributed by atoms with Crippen molar-refractivity contribution in [1.82, 2.24) is 4.90 Å². The number of nitrogens with zero attached hydrogens (tertiary/aromatic N) is 1. The molecule has 18 heavy (non-hydrogen) atoms. The predicted octanol–water partition coefficient (Wildman–Crippen LogP) is 2.27. The van der Waals surface area contributed by atoms with Crippen LogP contribution in [-0.2, 0) is 4.74 Å². The van der Waals surface area contributed by atoms with Crippen molar-refractivity contribution in [3.8, 4) is 0 Å². The molecule has 1 atom stereocenters. The summed E-state index contributed by atoms with van der Waals surface area (Å²) in [4.78, 5) is 2.38. The number of hydrogen-bond donors (Lipinski definition) is 1. The minimum atomic E-state index is 0.283. The molecule has 0 aliphatic rings. The molecule has 0 bridgehead atoms. The van der Waals surface area contributed by atoms with Crippen LogP contribution in [0.2, 0.25) is 0 Å². The zero-order chi connectivity index (χ0) is 13.5. The van der Waals surface area contributed by atoms with E-state index in [0.29, 0.717) is 6.54 Å². The lowest BCUT2D eigenvalue weighted by Crippen LogP contribution is -2.36. The Bertz CT molecular complexity index is 366. The summed E-state index contributed by atoms with van der Waals surface area (Å²) < 4.78 is 5.17. The Morgan fingerprint density at radius 2 is 2.06 bits per heavy atom. The van der Waals surface area contributed by atoms with Crippen LogP contribution in [-0.4, -0.2) is 38.3 Å². The molecule has 0 heterocycles. The normalized spacial score (nSPS) is 13.0. The van der Waals surface area contributed by atoms with Crippen molar-refractivity contribution >= 4 is 0 Å². The van der Waals surface area contributed by atoms with Gasteiger partial charge in [0, 0.05) is 26.2 Å². The lowest BCUT2D eigenvalue weighted by atomic mass is 9.98. The van der Waals surface area contributed by atoms with Crippen LogP contribution < -0.4 is 5.73 Å². The van der Waals surface area contributed by atoms with E-state index in [-0.39, 0.29) is 6.04 Å². The molecule has 1 aromatic rings. The van der Waals surface area contributed by atoms with E-state index >= 15 is 0 Å². The maximum atomic E-state index is 5.98. The van der Waals surface area contributed by atoms with E-state index in [0.717, 1.165) is 19.7 Å². The van der Waals surface area contributed by atoms with Gasteiger partial charge in [0.15, 0.2) is 0 Å². The molecule has 3 heteroatoms. The Kier molecular flexibility index (Phi) is 6.33. The molecule has 1 rings (SSSR count). The van der Waals surface area contributed by atoms with Crippen molar-refractivity contribution in [1.29, 1.82) is 0 Å². The van der Waals surface area contributed by atoms with Gasteiger partial charge in [-0.15, -0.1) is 0 Å². The van der Waals surface area contributed by atoms with Crippen LogP contribution in [0, 0.1) is 13.8 Å². The van der Waals surface area contributed by atoms with Gasteiger partial charge in [-0.05, 0) is 31.5 Å². The first kappa shape index (κ1) is 15.2. The lowest BCUT2D eigenvalue weighted by molar-refractivity contribution is 0.125. The molecule has 1 unspecified atom stereocenters. The Hall–Kier alpha value is -0.900. The minimum Gasteiger partial charge on any atom is -0.383 e. The molecule has 102 valence electrons. The fraction of sp³-hybridized carbons (Fsp3) is 0.600. The number of ether oxygens (including phenoxy) is 1. The highest BCUT2D eigenvalue weighted by atomic mass is 16.5. The van der Waals surface area contributed by atoms with E-state index in [2.05, 4.69) is 43.9 Å². The number of hydrogen-bond acceptors (Lipinski definition) is 3. The third kappa shape index (κ3) is 3.80. The van der Waals surface area contributed by atoms with E-state index in [4.69, 9.17) is 10.5 Å². The molecule has 0 fully saturated rings. The van der Waals surface area contributed by atoms with Crippen LogP contribution in [0.1, 0.15) is 29.7 Å². The van der Waals surface area contributed by atoms with Crippen molar-refractivity contribution in [2.45, 2.75) is 26.8 Å². The Morgan fingerprint density at radius 3 is 2.56 bits per heavy atom. The second-order valence-corrected chi connectivity index (χ2v) is 4.73. The summed E-state index contributed by atoms with van der Waals surface area (Å²) in [7, 11) is 1.74. The van der Waals surface area contributed by atoms with Crippen molar-refractivity contribution in [3.63, 3.8) is 0 Å². The monoisotopic (exact) mass is 250 g/mol. The van der Waals surface area contributed by atoms with Gasteiger partial charge in [0.2, 0.25) is 0 Å². The summed E-state index contributed by atoms with van der Waals surface area (Å²) in [5, 5.41) is 0. The average Bonchev–Trinajstić information content (AvgIpc) is 2.36. The number of rotatable bonds is 7. The third-order valence-corrected chi connectivity index (χ3v) is 3.44. The summed E-state index contributed by atoms with van der Waals surface area (Å²) in [6.45, 7) is 9.74. The van der Waals surface area contributed by atoms with Crippen molar-refractivity contribution in [2.75, 3.05) is 33.4 Å². The number of benzene rings is 1. The smallest absolute Gasteiger partial charge is 0.0589 e. The number of nitrogens with two attached hydrogens (primary N) is 1. The van der Waals surface area contributed by atoms with Crippen LogP contribution in [0.3, 0.4) is 0 Å². The molecule has 0 radical (unpaired) electrons. The van der Waals surface area contributed by atoms with E-state index < -0.39 is 0 Å². The lowest BCUT2D eigenvalue weighted by Gasteiger charge is -2.31. The third-order valence-electron chi connectivity index (χ3n) is 3.44. The molecule has 0 saturated heterocycles. The average molecular weight is 250 g/mol. The van der Waals surface area contributed by atoms with Crippen molar-refractivity contribution in [2.24, 2.45) is 5.73 Å². The number of likely N-dealkylation sites (N-methyl/N-ethyl adjacent to an activating group) is 1. The molecule has 1 aromatic carbocycles. The SMILES string of the molecule is CCN(CCOC)C(CN)c1ccc(C)cc1C. The first-order valence-corrected chi connectivity index (χ1v) is 6.64. The second-order valence-electron chi connectivity index (χ2n) is 4.73. The maximum Gasteiger partial charge on any atom is 0.0589 e. The van der Waals surface area contributed by atoms with E-state index in [1.807, 2.05) is 0 Å². The number of methoxy groups -OCH3 is 1. The van der Waals surface area contributed by atoms with Crippen molar-refractivity contribution < 1.29 is 4.74 Å². The van der Waals surface area contributed by atoms with Gasteiger partial charge in [0.05, 0.1) is 6.61 Å². The Balaban J connectivity index is 2.92. The zero-order valence-corrected chi connectivity index (χ0v) is 12.1. The van der Waals surface area contributed by atoms with Gasteiger partial charge in [-0.2, -0.15) is 0 Å². The van der Waals surface area contributed by atoms with Crippen LogP contribution in [0.4, 0.5) is 0 Å². The molecule has 0 spiro atoms. The van der Waals surface area contributed by atoms with E-state index in [1.54, 1.807) is 7.11 Å². The molecule has 0 amide bonds. The van der Waals surface area contributed by atoms with Crippen LogP contribution in [0.5, 0.6) is 0 Å². The highest BCUT2D eigenvalue weighted by molar-refractivity contribution is 5.33. The van der Waals surface area contributed by atoms with Gasteiger partial charge in [0.1, 0.15) is 0 Å². The van der Waals surface area contributed by atoms with Crippen molar-refractivity contribution in [3.05, 3.63) is 34.9 Å². The highest BCUT2D eigenvalue weighted by Crippen LogP contribution is 2.23. The van der Waals surface area contributed by atoms with E-state index in [1.165, 1.54) is 16.7 Å². The van der Waals surface area contributed by atoms with Gasteiger partial charge in [-0.25, -0.2) is 0 Å². The first-order valence-electron chi connectivity index (χ1n) is 6.64. The topological polar surface area (TPSA) is 38.5 Å². The quantitative estimate of drug-likeness (QED) is 0.807. The molecular formula is C15H26N2O. The molecule has 0 saturated carbocycles. The van der Waals surface area contributed by atoms with Crippen LogP contribution in [0.25, 0.3) is 0 Å². The fourth-order valence-corrected chi connectivity index (χ4v) is 2.42. The first-order chi connectivity index (χ1) is 8.63. The molecule has 3 nitrogen and oxygen atoms in total. The zero-order valence-electron chi connectivity index (χ0n) is 12.1. The highest BCUT2D eigenvalue weighted by Gasteiger charge is 2.18. The molecule has 0 aromatic heterocycles. The molecule has 2 N–H and O–H groups in total. The van der Waals surface area contributed by atoms with Gasteiger partial charge < -0.3 is 10.5 Å². The summed E-state index contributed by atoms with van der Waals surface area (Å²) >= 11 is 0. The van der Waals surface area contributed by atoms with Gasteiger partial charge in [-0.3, -0.25) is 4.90 Å². The summed E-state index contributed by atoms with van der Waals surface area (Å²) in [6, 6.07) is 6.88. The Labute approximate surface area is 111 Å². The number of aryl methyl sites for hydroxylation is 2. The predicted molar refractivity (Wildman–Crippen MR) is 76.8 cm³/mol. The fourth-order valence-electron chi connectivity index (χ4n) is 2.42. The van der Waals surface area contributed by atoms with Gasteiger partial charge in [0.25, 0.3) is 0 Å². The van der Waals surface area contributed by atoms with Crippen LogP contribution >= 0.6 is 0 Å². The van der Waals surface area contributed by atoms with Crippen LogP contribution in [0.15, 0.2) is 18.2 Å². The minimum absolute atomic E-state index is 0.283. The van der Waals surface area contributed by atoms with Gasteiger partial charge in [-0.1, -0.05) is 30.7 Å². The summed E-state index contributed by atoms with van der Waals surface area (Å²) in [5.41, 5.74) is 9.93. The standard InChI is InChI=1S/C15H26N2O/c1-5-17(8-9-18-4)15(11-16)14-7-6-12(2)10-13(14)3/h6-7,10,15H,5,8-9,11,16H2,1-4H3. The summed E-state index contributed by atoms with van der Waals surface area (Å²) in [5.74, 6) is 0. The Morgan fingerprint density at radius 1 is 1.33 bits per heavy atom. The maximum absolute atomic E-state index is 5.98.